The van der Waals surface area contributed by atoms with E-state index in [9.17, 15) is 24.0 Å². The molecule has 1 rings (SSSR count). The van der Waals surface area contributed by atoms with Gasteiger partial charge in [-0.1, -0.05) is 0 Å². The first kappa shape index (κ1) is 23.3. The van der Waals surface area contributed by atoms with Crippen molar-refractivity contribution >= 4 is 29.8 Å². The minimum absolute atomic E-state index is 0.189. The Morgan fingerprint density at radius 1 is 0.714 bits per heavy atom. The maximum atomic E-state index is 11.6. The molecular weight excluding hydrogens is 380 g/mol. The molecule has 0 radical (unpaired) electrons. The van der Waals surface area contributed by atoms with Crippen LogP contribution in [0, 0.1) is 0 Å². The van der Waals surface area contributed by atoms with Gasteiger partial charge in [-0.3, -0.25) is 24.0 Å². The third kappa shape index (κ3) is 7.91. The number of carbonyl (C=O) groups excluding carboxylic acids is 5. The Labute approximate surface area is 161 Å². The molecule has 0 saturated carbocycles. The standard InChI is InChI=1S/C17H24O11/c1-8(18)23-7-15-16(26-11(4)21)13(24-9(2)19)6-14(25-10(3)20)17(28-15)27-12(5)22/h13-17H,6-7H2,1-5H3. The van der Waals surface area contributed by atoms with E-state index in [1.165, 1.54) is 0 Å². The number of carbonyl (C=O) groups is 5. The smallest absolute Gasteiger partial charge is 0.305 e. The highest BCUT2D eigenvalue weighted by atomic mass is 16.7. The molecule has 1 saturated heterocycles. The highest BCUT2D eigenvalue weighted by Crippen LogP contribution is 2.28. The van der Waals surface area contributed by atoms with E-state index in [0.29, 0.717) is 0 Å². The molecule has 11 nitrogen and oxygen atoms in total. The van der Waals surface area contributed by atoms with Gasteiger partial charge in [0.15, 0.2) is 12.2 Å². The van der Waals surface area contributed by atoms with Crippen molar-refractivity contribution in [2.24, 2.45) is 0 Å². The van der Waals surface area contributed by atoms with E-state index in [-0.39, 0.29) is 6.42 Å². The fourth-order valence-electron chi connectivity index (χ4n) is 2.64. The monoisotopic (exact) mass is 404 g/mol. The largest absolute Gasteiger partial charge is 0.463 e. The second-order valence-electron chi connectivity index (χ2n) is 6.06. The average molecular weight is 404 g/mol. The van der Waals surface area contributed by atoms with Crippen molar-refractivity contribution in [1.82, 2.24) is 0 Å². The number of ether oxygens (including phenoxy) is 6. The van der Waals surface area contributed by atoms with Gasteiger partial charge >= 0.3 is 29.8 Å². The number of esters is 5. The van der Waals surface area contributed by atoms with Crippen LogP contribution in [-0.2, 0) is 52.4 Å². The minimum Gasteiger partial charge on any atom is -0.463 e. The lowest BCUT2D eigenvalue weighted by Crippen LogP contribution is -2.46. The topological polar surface area (TPSA) is 141 Å². The van der Waals surface area contributed by atoms with Crippen molar-refractivity contribution in [3.8, 4) is 0 Å². The Bertz CT molecular complexity index is 614. The molecule has 1 aliphatic heterocycles. The molecule has 0 N–H and O–H groups in total. The minimum atomic E-state index is -1.40. The molecule has 0 spiro atoms. The highest BCUT2D eigenvalue weighted by molar-refractivity contribution is 5.68. The third-order valence-corrected chi connectivity index (χ3v) is 3.48. The average Bonchev–Trinajstić information content (AvgIpc) is 2.63. The van der Waals surface area contributed by atoms with Crippen LogP contribution in [0.1, 0.15) is 41.0 Å². The summed E-state index contributed by atoms with van der Waals surface area (Å²) < 4.78 is 31.2. The molecule has 5 unspecified atom stereocenters. The summed E-state index contributed by atoms with van der Waals surface area (Å²) in [6.45, 7) is 5.29. The van der Waals surface area contributed by atoms with Crippen LogP contribution in [-0.4, -0.2) is 67.2 Å². The maximum absolute atomic E-state index is 11.6. The molecule has 158 valence electrons. The summed E-state index contributed by atoms with van der Waals surface area (Å²) >= 11 is 0. The molecule has 0 bridgehead atoms. The van der Waals surface area contributed by atoms with Gasteiger partial charge in [-0.25, -0.2) is 0 Å². The molecule has 1 heterocycles. The number of hydrogen-bond acceptors (Lipinski definition) is 11. The SMILES string of the molecule is CC(=O)OCC1OC(OC(C)=O)C(OC(C)=O)CC(OC(C)=O)C1OC(C)=O. The molecule has 0 aromatic carbocycles. The van der Waals surface area contributed by atoms with Crippen LogP contribution in [0.25, 0.3) is 0 Å². The molecule has 28 heavy (non-hydrogen) atoms. The van der Waals surface area contributed by atoms with E-state index < -0.39 is 67.2 Å². The molecule has 5 atom stereocenters. The van der Waals surface area contributed by atoms with Crippen molar-refractivity contribution in [2.45, 2.75) is 71.7 Å². The van der Waals surface area contributed by atoms with Crippen LogP contribution in [0.4, 0.5) is 0 Å². The van der Waals surface area contributed by atoms with E-state index in [0.717, 1.165) is 34.6 Å². The summed E-state index contributed by atoms with van der Waals surface area (Å²) in [5.74, 6) is -3.48. The van der Waals surface area contributed by atoms with Gasteiger partial charge in [0.25, 0.3) is 0 Å². The first-order chi connectivity index (χ1) is 13.0. The van der Waals surface area contributed by atoms with Gasteiger partial charge in [0.05, 0.1) is 0 Å². The molecule has 0 amide bonds. The molecule has 1 aliphatic rings. The summed E-state index contributed by atoms with van der Waals surface area (Å²) in [5, 5.41) is 0. The van der Waals surface area contributed by atoms with Gasteiger partial charge in [0.2, 0.25) is 6.29 Å². The first-order valence-corrected chi connectivity index (χ1v) is 8.47. The Balaban J connectivity index is 3.30. The predicted octanol–water partition coefficient (Wildman–Crippen LogP) is 0.0227. The van der Waals surface area contributed by atoms with Gasteiger partial charge in [0.1, 0.15) is 18.8 Å². The molecule has 0 aliphatic carbocycles. The normalized spacial score (nSPS) is 27.0. The van der Waals surface area contributed by atoms with E-state index in [1.54, 1.807) is 0 Å². The van der Waals surface area contributed by atoms with Gasteiger partial charge < -0.3 is 28.4 Å². The van der Waals surface area contributed by atoms with Gasteiger partial charge in [-0.2, -0.15) is 0 Å². The van der Waals surface area contributed by atoms with Crippen LogP contribution in [0.3, 0.4) is 0 Å². The molecule has 11 heteroatoms. The van der Waals surface area contributed by atoms with Crippen molar-refractivity contribution in [1.29, 1.82) is 0 Å². The molecule has 1 fully saturated rings. The lowest BCUT2D eigenvalue weighted by Gasteiger charge is -2.29. The van der Waals surface area contributed by atoms with Crippen molar-refractivity contribution in [3.05, 3.63) is 0 Å². The van der Waals surface area contributed by atoms with Crippen LogP contribution in [0.5, 0.6) is 0 Å². The quantitative estimate of drug-likeness (QED) is 0.437. The first-order valence-electron chi connectivity index (χ1n) is 8.47. The van der Waals surface area contributed by atoms with Crippen LogP contribution >= 0.6 is 0 Å². The lowest BCUT2D eigenvalue weighted by molar-refractivity contribution is -0.232. The summed E-state index contributed by atoms with van der Waals surface area (Å²) in [6, 6.07) is 0. The fraction of sp³-hybridized carbons (Fsp3) is 0.706. The molecule has 0 aromatic heterocycles. The fourth-order valence-corrected chi connectivity index (χ4v) is 2.64. The third-order valence-electron chi connectivity index (χ3n) is 3.48. The summed E-state index contributed by atoms with van der Waals surface area (Å²) in [7, 11) is 0. The van der Waals surface area contributed by atoms with Crippen LogP contribution < -0.4 is 0 Å². The van der Waals surface area contributed by atoms with Crippen molar-refractivity contribution in [3.63, 3.8) is 0 Å². The lowest BCUT2D eigenvalue weighted by atomic mass is 10.0. The van der Waals surface area contributed by atoms with E-state index in [4.69, 9.17) is 28.4 Å². The second kappa shape index (κ2) is 10.6. The Hall–Kier alpha value is -2.69. The summed E-state index contributed by atoms with van der Waals surface area (Å²) in [6.07, 6.45) is -6.24. The highest BCUT2D eigenvalue weighted by Gasteiger charge is 2.47. The zero-order valence-corrected chi connectivity index (χ0v) is 16.3. The zero-order valence-electron chi connectivity index (χ0n) is 16.3. The van der Waals surface area contributed by atoms with Gasteiger partial charge in [0, 0.05) is 41.0 Å². The van der Waals surface area contributed by atoms with Gasteiger partial charge in [-0.05, 0) is 0 Å². The Morgan fingerprint density at radius 2 is 1.21 bits per heavy atom. The summed E-state index contributed by atoms with van der Waals surface area (Å²) in [4.78, 5) is 57.2. The molecule has 0 aromatic rings. The van der Waals surface area contributed by atoms with Crippen LogP contribution in [0.15, 0.2) is 0 Å². The maximum Gasteiger partial charge on any atom is 0.305 e. The van der Waals surface area contributed by atoms with Crippen molar-refractivity contribution < 1.29 is 52.4 Å². The molecular formula is C17H24O11. The number of hydrogen-bond donors (Lipinski definition) is 0. The van der Waals surface area contributed by atoms with Crippen LogP contribution in [0.2, 0.25) is 0 Å². The van der Waals surface area contributed by atoms with E-state index in [2.05, 4.69) is 0 Å². The van der Waals surface area contributed by atoms with E-state index >= 15 is 0 Å². The Morgan fingerprint density at radius 3 is 1.68 bits per heavy atom. The summed E-state index contributed by atoms with van der Waals surface area (Å²) in [5.41, 5.74) is 0. The zero-order chi connectivity index (χ0) is 21.4. The van der Waals surface area contributed by atoms with Gasteiger partial charge in [-0.15, -0.1) is 0 Å². The van der Waals surface area contributed by atoms with E-state index in [1.807, 2.05) is 0 Å². The number of rotatable bonds is 6. The van der Waals surface area contributed by atoms with Crippen molar-refractivity contribution in [2.75, 3.05) is 6.61 Å². The second-order valence-corrected chi connectivity index (χ2v) is 6.06. The predicted molar refractivity (Wildman–Crippen MR) is 88.3 cm³/mol. The Kier molecular flexibility index (Phi) is 8.83.